The van der Waals surface area contributed by atoms with Crippen molar-refractivity contribution < 1.29 is 17.7 Å². The first-order valence-corrected chi connectivity index (χ1v) is 7.24. The van der Waals surface area contributed by atoms with Crippen LogP contribution >= 0.6 is 11.6 Å². The molecule has 0 unspecified atom stereocenters. The molecule has 1 heterocycles. The van der Waals surface area contributed by atoms with E-state index >= 15 is 0 Å². The van der Waals surface area contributed by atoms with Gasteiger partial charge in [-0.1, -0.05) is 11.6 Å². The van der Waals surface area contributed by atoms with Crippen molar-refractivity contribution in [1.29, 1.82) is 0 Å². The third kappa shape index (κ3) is 3.26. The maximum absolute atomic E-state index is 13.6. The summed E-state index contributed by atoms with van der Waals surface area (Å²) in [5.41, 5.74) is -0.612. The van der Waals surface area contributed by atoms with Crippen LogP contribution in [0.1, 0.15) is 0 Å². The van der Waals surface area contributed by atoms with Gasteiger partial charge in [-0.15, -0.1) is 0 Å². The zero-order valence-electron chi connectivity index (χ0n) is 10.2. The zero-order valence-corrected chi connectivity index (χ0v) is 11.7. The zero-order chi connectivity index (χ0) is 15.6. The van der Waals surface area contributed by atoms with Crippen molar-refractivity contribution in [2.24, 2.45) is 0 Å². The minimum absolute atomic E-state index is 0.0647. The molecule has 7 nitrogen and oxygen atoms in total. The second-order valence-corrected chi connectivity index (χ2v) is 5.83. The van der Waals surface area contributed by atoms with E-state index < -0.39 is 31.3 Å². The van der Waals surface area contributed by atoms with Gasteiger partial charge in [0.05, 0.1) is 10.6 Å². The van der Waals surface area contributed by atoms with Crippen LogP contribution in [0.3, 0.4) is 0 Å². The number of hydrogen-bond acceptors (Lipinski definition) is 5. The fourth-order valence-corrected chi connectivity index (χ4v) is 2.86. The topological polar surface area (TPSA) is 102 Å². The van der Waals surface area contributed by atoms with Crippen molar-refractivity contribution in [2.45, 2.75) is 4.90 Å². The highest BCUT2D eigenvalue weighted by atomic mass is 35.5. The van der Waals surface area contributed by atoms with E-state index in [0.717, 1.165) is 6.07 Å². The largest absolute Gasteiger partial charge is 0.276 e. The molecule has 0 amide bonds. The Hall–Kier alpha value is -2.26. The first kappa shape index (κ1) is 15.1. The first-order chi connectivity index (χ1) is 9.81. The third-order valence-corrected chi connectivity index (χ3v) is 4.10. The predicted molar refractivity (Wildman–Crippen MR) is 73.1 cm³/mol. The van der Waals surface area contributed by atoms with Gasteiger partial charge in [-0.3, -0.25) is 14.8 Å². The summed E-state index contributed by atoms with van der Waals surface area (Å²) >= 11 is 5.70. The number of nitro benzene ring substituents is 1. The summed E-state index contributed by atoms with van der Waals surface area (Å²) in [5.74, 6) is -1.12. The Labute approximate surface area is 123 Å². The fraction of sp³-hybridized carbons (Fsp3) is 0. The Morgan fingerprint density at radius 2 is 2.05 bits per heavy atom. The number of rotatable bonds is 4. The van der Waals surface area contributed by atoms with Crippen LogP contribution in [0.15, 0.2) is 41.4 Å². The number of benzene rings is 1. The molecule has 0 atom stereocenters. The monoisotopic (exact) mass is 331 g/mol. The number of aromatic nitrogens is 1. The quantitative estimate of drug-likeness (QED) is 0.527. The van der Waals surface area contributed by atoms with E-state index in [4.69, 9.17) is 11.6 Å². The number of sulfonamides is 1. The molecule has 0 aliphatic carbocycles. The van der Waals surface area contributed by atoms with E-state index in [1.54, 1.807) is 0 Å². The predicted octanol–water partition coefficient (Wildman–Crippen LogP) is 2.58. The Bertz CT molecular complexity index is 813. The molecule has 10 heteroatoms. The van der Waals surface area contributed by atoms with E-state index in [-0.39, 0.29) is 10.8 Å². The van der Waals surface area contributed by atoms with Crippen LogP contribution in [0.25, 0.3) is 0 Å². The number of hydrogen-bond donors (Lipinski definition) is 1. The maximum atomic E-state index is 13.6. The molecule has 1 N–H and O–H groups in total. The minimum atomic E-state index is -4.38. The summed E-state index contributed by atoms with van der Waals surface area (Å²) in [6.45, 7) is 0. The van der Waals surface area contributed by atoms with Crippen molar-refractivity contribution in [1.82, 2.24) is 4.98 Å². The lowest BCUT2D eigenvalue weighted by Crippen LogP contribution is -2.15. The summed E-state index contributed by atoms with van der Waals surface area (Å²) in [6, 6.07) is 4.95. The van der Waals surface area contributed by atoms with Crippen molar-refractivity contribution >= 4 is 33.0 Å². The van der Waals surface area contributed by atoms with Crippen LogP contribution in [-0.2, 0) is 10.0 Å². The van der Waals surface area contributed by atoms with Crippen LogP contribution in [0.5, 0.6) is 0 Å². The van der Waals surface area contributed by atoms with Crippen LogP contribution in [-0.4, -0.2) is 18.3 Å². The van der Waals surface area contributed by atoms with Gasteiger partial charge in [0, 0.05) is 18.3 Å². The Morgan fingerprint density at radius 1 is 1.33 bits per heavy atom. The molecule has 0 bridgehead atoms. The molecule has 0 aliphatic heterocycles. The first-order valence-electron chi connectivity index (χ1n) is 5.38. The van der Waals surface area contributed by atoms with Crippen LogP contribution in [0, 0.1) is 15.9 Å². The van der Waals surface area contributed by atoms with Crippen molar-refractivity contribution in [3.63, 3.8) is 0 Å². The molecule has 2 rings (SSSR count). The van der Waals surface area contributed by atoms with Gasteiger partial charge in [-0.2, -0.15) is 0 Å². The second kappa shape index (κ2) is 5.62. The summed E-state index contributed by atoms with van der Waals surface area (Å²) in [4.78, 5) is 12.6. The van der Waals surface area contributed by atoms with Gasteiger partial charge in [-0.25, -0.2) is 17.8 Å². The molecule has 110 valence electrons. The second-order valence-electron chi connectivity index (χ2n) is 3.82. The summed E-state index contributed by atoms with van der Waals surface area (Å²) in [5, 5.41) is 10.5. The van der Waals surface area contributed by atoms with Gasteiger partial charge in [-0.05, 0) is 18.2 Å². The summed E-state index contributed by atoms with van der Waals surface area (Å²) in [7, 11) is -4.38. The van der Waals surface area contributed by atoms with Crippen molar-refractivity contribution in [3.8, 4) is 0 Å². The number of nitro groups is 1. The average Bonchev–Trinajstić information content (AvgIpc) is 2.41. The highest BCUT2D eigenvalue weighted by Gasteiger charge is 2.23. The number of non-ortho nitro benzene ring substituents is 1. The van der Waals surface area contributed by atoms with Crippen LogP contribution in [0.2, 0.25) is 5.15 Å². The highest BCUT2D eigenvalue weighted by Crippen LogP contribution is 2.25. The normalized spacial score (nSPS) is 11.1. The average molecular weight is 332 g/mol. The fourth-order valence-electron chi connectivity index (χ4n) is 1.47. The van der Waals surface area contributed by atoms with Gasteiger partial charge < -0.3 is 0 Å². The van der Waals surface area contributed by atoms with Gasteiger partial charge in [0.1, 0.15) is 10.7 Å². The lowest BCUT2D eigenvalue weighted by molar-refractivity contribution is -0.385. The molecule has 1 aromatic carbocycles. The Kier molecular flexibility index (Phi) is 4.05. The van der Waals surface area contributed by atoms with Crippen LogP contribution < -0.4 is 4.72 Å². The van der Waals surface area contributed by atoms with Gasteiger partial charge in [0.2, 0.25) is 0 Å². The van der Waals surface area contributed by atoms with Crippen molar-refractivity contribution in [2.75, 3.05) is 4.72 Å². The van der Waals surface area contributed by atoms with Gasteiger partial charge in [0.15, 0.2) is 5.15 Å². The van der Waals surface area contributed by atoms with E-state index in [2.05, 4.69) is 4.98 Å². The molecular weight excluding hydrogens is 325 g/mol. The highest BCUT2D eigenvalue weighted by molar-refractivity contribution is 7.92. The lowest BCUT2D eigenvalue weighted by Gasteiger charge is -2.09. The van der Waals surface area contributed by atoms with Gasteiger partial charge >= 0.3 is 0 Å². The summed E-state index contributed by atoms with van der Waals surface area (Å²) in [6.07, 6.45) is 1.34. The molecule has 0 spiro atoms. The number of pyridine rings is 1. The Balaban J connectivity index is 2.47. The minimum Gasteiger partial charge on any atom is -0.276 e. The molecule has 0 saturated carbocycles. The number of anilines is 1. The summed E-state index contributed by atoms with van der Waals surface area (Å²) < 4.78 is 39.8. The standard InChI is InChI=1S/C11H7ClFN3O4S/c12-11-9(2-1-5-14-11)15-21(19,20)10-6-7(16(17)18)3-4-8(10)13/h1-6,15H. The molecule has 0 radical (unpaired) electrons. The Morgan fingerprint density at radius 3 is 2.67 bits per heavy atom. The number of halogens is 2. The van der Waals surface area contributed by atoms with Crippen LogP contribution in [0.4, 0.5) is 15.8 Å². The third-order valence-electron chi connectivity index (χ3n) is 2.42. The molecule has 21 heavy (non-hydrogen) atoms. The van der Waals surface area contributed by atoms with E-state index in [1.165, 1.54) is 18.3 Å². The van der Waals surface area contributed by atoms with Gasteiger partial charge in [0.25, 0.3) is 15.7 Å². The molecule has 2 aromatic rings. The smallest absolute Gasteiger partial charge is 0.271 e. The van der Waals surface area contributed by atoms with E-state index in [1.807, 2.05) is 4.72 Å². The molecule has 0 saturated heterocycles. The number of nitrogens with zero attached hydrogens (tertiary/aromatic N) is 2. The number of nitrogens with one attached hydrogen (secondary N) is 1. The molecule has 0 fully saturated rings. The molecular formula is C11H7ClFN3O4S. The van der Waals surface area contributed by atoms with E-state index in [0.29, 0.717) is 12.1 Å². The molecule has 1 aromatic heterocycles. The van der Waals surface area contributed by atoms with Crippen molar-refractivity contribution in [3.05, 3.63) is 57.6 Å². The SMILES string of the molecule is O=[N+]([O-])c1ccc(F)c(S(=O)(=O)Nc2cccnc2Cl)c1. The lowest BCUT2D eigenvalue weighted by atomic mass is 10.3. The maximum Gasteiger partial charge on any atom is 0.271 e. The molecule has 0 aliphatic rings. The van der Waals surface area contributed by atoms with E-state index in [9.17, 15) is 22.9 Å².